The smallest absolute Gasteiger partial charge is 0.135 e. The molecule has 2 aromatic rings. The van der Waals surface area contributed by atoms with Crippen molar-refractivity contribution in [3.05, 3.63) is 48.5 Å². The van der Waals surface area contributed by atoms with Crippen molar-refractivity contribution < 1.29 is 9.47 Å². The Kier molecular flexibility index (Phi) is 6.91. The highest BCUT2D eigenvalue weighted by molar-refractivity contribution is 7.67. The molecule has 0 saturated heterocycles. The van der Waals surface area contributed by atoms with Gasteiger partial charge in [-0.3, -0.25) is 0 Å². The zero-order valence-electron chi connectivity index (χ0n) is 17.1. The van der Waals surface area contributed by atoms with Gasteiger partial charge in [0.2, 0.25) is 0 Å². The summed E-state index contributed by atoms with van der Waals surface area (Å²) in [7, 11) is 1.53. The zero-order chi connectivity index (χ0) is 19.2. The molecule has 2 fully saturated rings. The Labute approximate surface area is 171 Å². The quantitative estimate of drug-likeness (QED) is 0.478. The van der Waals surface area contributed by atoms with Crippen molar-refractivity contribution in [2.24, 2.45) is 0 Å². The van der Waals surface area contributed by atoms with Crippen LogP contribution in [0, 0.1) is 0 Å². The third-order valence-corrected chi connectivity index (χ3v) is 9.88. The molecular formula is C25H33O2P. The molecule has 0 N–H and O–H groups in total. The Balaban J connectivity index is 1.65. The van der Waals surface area contributed by atoms with Crippen LogP contribution in [0.2, 0.25) is 0 Å². The summed E-state index contributed by atoms with van der Waals surface area (Å²) in [6.07, 6.45) is 14.1. The van der Waals surface area contributed by atoms with E-state index in [1.54, 1.807) is 7.11 Å². The largest absolute Gasteiger partial charge is 0.497 e. The molecule has 0 aromatic heterocycles. The van der Waals surface area contributed by atoms with Gasteiger partial charge in [-0.25, -0.2) is 0 Å². The summed E-state index contributed by atoms with van der Waals surface area (Å²) in [4.78, 5) is 0. The molecule has 0 unspecified atom stereocenters. The molecule has 0 radical (unpaired) electrons. The first-order valence-corrected chi connectivity index (χ1v) is 12.5. The van der Waals surface area contributed by atoms with Gasteiger partial charge in [0.25, 0.3) is 0 Å². The molecule has 0 bridgehead atoms. The maximum absolute atomic E-state index is 6.45. The lowest BCUT2D eigenvalue weighted by atomic mass is 9.99. The molecule has 0 aliphatic heterocycles. The molecule has 0 atom stereocenters. The van der Waals surface area contributed by atoms with Gasteiger partial charge in [-0.1, -0.05) is 70.7 Å². The SMILES string of the molecule is COc1cccc(Oc2ccccc2P(C2CCCCC2)C2CCCCC2)c1. The maximum atomic E-state index is 6.45. The van der Waals surface area contributed by atoms with E-state index in [1.165, 1.54) is 69.5 Å². The third-order valence-electron chi connectivity index (χ3n) is 6.35. The number of para-hydroxylation sites is 1. The van der Waals surface area contributed by atoms with E-state index in [9.17, 15) is 0 Å². The monoisotopic (exact) mass is 396 g/mol. The minimum atomic E-state index is -0.177. The normalized spacial score (nSPS) is 18.9. The van der Waals surface area contributed by atoms with E-state index in [0.717, 1.165) is 28.6 Å². The van der Waals surface area contributed by atoms with Crippen LogP contribution in [0.3, 0.4) is 0 Å². The number of hydrogen-bond donors (Lipinski definition) is 0. The molecule has 2 aromatic carbocycles. The molecular weight excluding hydrogens is 363 g/mol. The lowest BCUT2D eigenvalue weighted by Crippen LogP contribution is -2.26. The van der Waals surface area contributed by atoms with Crippen LogP contribution in [0.4, 0.5) is 0 Å². The van der Waals surface area contributed by atoms with E-state index < -0.39 is 0 Å². The second kappa shape index (κ2) is 9.79. The molecule has 3 heteroatoms. The maximum Gasteiger partial charge on any atom is 0.135 e. The predicted molar refractivity (Wildman–Crippen MR) is 120 cm³/mol. The van der Waals surface area contributed by atoms with Crippen molar-refractivity contribution >= 4 is 13.2 Å². The fraction of sp³-hybridized carbons (Fsp3) is 0.520. The molecule has 28 heavy (non-hydrogen) atoms. The van der Waals surface area contributed by atoms with Crippen LogP contribution in [0.5, 0.6) is 17.2 Å². The van der Waals surface area contributed by atoms with Gasteiger partial charge >= 0.3 is 0 Å². The fourth-order valence-corrected chi connectivity index (χ4v) is 8.82. The summed E-state index contributed by atoms with van der Waals surface area (Å²) in [5, 5.41) is 1.50. The van der Waals surface area contributed by atoms with Gasteiger partial charge in [0.1, 0.15) is 17.2 Å². The van der Waals surface area contributed by atoms with Crippen LogP contribution >= 0.6 is 7.92 Å². The van der Waals surface area contributed by atoms with Gasteiger partial charge in [0.05, 0.1) is 7.11 Å². The van der Waals surface area contributed by atoms with Crippen LogP contribution in [0.15, 0.2) is 48.5 Å². The van der Waals surface area contributed by atoms with Crippen molar-refractivity contribution in [2.75, 3.05) is 7.11 Å². The summed E-state index contributed by atoms with van der Waals surface area (Å²) >= 11 is 0. The molecule has 2 saturated carbocycles. The summed E-state index contributed by atoms with van der Waals surface area (Å²) < 4.78 is 11.8. The van der Waals surface area contributed by atoms with Gasteiger partial charge < -0.3 is 9.47 Å². The Bertz CT molecular complexity index is 730. The van der Waals surface area contributed by atoms with E-state index in [-0.39, 0.29) is 7.92 Å². The molecule has 150 valence electrons. The highest BCUT2D eigenvalue weighted by atomic mass is 31.1. The summed E-state index contributed by atoms with van der Waals surface area (Å²) in [5.41, 5.74) is 1.75. The molecule has 0 heterocycles. The number of hydrogen-bond acceptors (Lipinski definition) is 2. The number of rotatable bonds is 6. The lowest BCUT2D eigenvalue weighted by Gasteiger charge is -2.39. The Morgan fingerprint density at radius 2 is 1.32 bits per heavy atom. The van der Waals surface area contributed by atoms with Gasteiger partial charge in [0, 0.05) is 11.4 Å². The highest BCUT2D eigenvalue weighted by Gasteiger charge is 2.33. The summed E-state index contributed by atoms with van der Waals surface area (Å²) in [6.45, 7) is 0. The number of methoxy groups -OCH3 is 1. The van der Waals surface area contributed by atoms with Crippen LogP contribution in [0.25, 0.3) is 0 Å². The highest BCUT2D eigenvalue weighted by Crippen LogP contribution is 2.56. The van der Waals surface area contributed by atoms with Crippen molar-refractivity contribution in [2.45, 2.75) is 75.5 Å². The Morgan fingerprint density at radius 1 is 0.714 bits per heavy atom. The Morgan fingerprint density at radius 3 is 1.96 bits per heavy atom. The van der Waals surface area contributed by atoms with E-state index in [1.807, 2.05) is 24.3 Å². The van der Waals surface area contributed by atoms with Gasteiger partial charge in [0.15, 0.2) is 0 Å². The molecule has 2 aliphatic rings. The Hall–Kier alpha value is -1.53. The van der Waals surface area contributed by atoms with Crippen molar-refractivity contribution in [3.63, 3.8) is 0 Å². The van der Waals surface area contributed by atoms with Crippen LogP contribution in [-0.2, 0) is 0 Å². The first-order valence-electron chi connectivity index (χ1n) is 11.0. The van der Waals surface area contributed by atoms with E-state index >= 15 is 0 Å². The topological polar surface area (TPSA) is 18.5 Å². The summed E-state index contributed by atoms with van der Waals surface area (Å²) in [6, 6.07) is 16.9. The minimum Gasteiger partial charge on any atom is -0.497 e. The molecule has 2 nitrogen and oxygen atoms in total. The second-order valence-corrected chi connectivity index (χ2v) is 11.0. The molecule has 4 rings (SSSR count). The van der Waals surface area contributed by atoms with Crippen LogP contribution in [0.1, 0.15) is 64.2 Å². The zero-order valence-corrected chi connectivity index (χ0v) is 18.0. The average molecular weight is 397 g/mol. The predicted octanol–water partition coefficient (Wildman–Crippen LogP) is 7.26. The summed E-state index contributed by atoms with van der Waals surface area (Å²) in [5.74, 6) is 2.78. The van der Waals surface area contributed by atoms with E-state index in [4.69, 9.17) is 9.47 Å². The number of ether oxygens (including phenoxy) is 2. The van der Waals surface area contributed by atoms with Gasteiger partial charge in [-0.2, -0.15) is 0 Å². The van der Waals surface area contributed by atoms with Crippen molar-refractivity contribution in [1.82, 2.24) is 0 Å². The standard InChI is InChI=1S/C25H33O2P/c1-26-20-11-10-12-21(19-20)27-24-17-8-9-18-25(24)28(22-13-4-2-5-14-22)23-15-6-3-7-16-23/h8-12,17-19,22-23H,2-7,13-16H2,1H3. The van der Waals surface area contributed by atoms with E-state index in [2.05, 4.69) is 24.3 Å². The molecule has 2 aliphatic carbocycles. The molecule has 0 spiro atoms. The average Bonchev–Trinajstić information content (AvgIpc) is 2.77. The second-order valence-electron chi connectivity index (χ2n) is 8.24. The molecule has 0 amide bonds. The first-order chi connectivity index (χ1) is 13.8. The van der Waals surface area contributed by atoms with Crippen LogP contribution in [-0.4, -0.2) is 18.4 Å². The van der Waals surface area contributed by atoms with Crippen LogP contribution < -0.4 is 14.8 Å². The lowest BCUT2D eigenvalue weighted by molar-refractivity contribution is 0.409. The number of benzene rings is 2. The van der Waals surface area contributed by atoms with Crippen molar-refractivity contribution in [1.29, 1.82) is 0 Å². The van der Waals surface area contributed by atoms with Crippen molar-refractivity contribution in [3.8, 4) is 17.2 Å². The minimum absolute atomic E-state index is 0.177. The van der Waals surface area contributed by atoms with Gasteiger partial charge in [-0.15, -0.1) is 0 Å². The van der Waals surface area contributed by atoms with E-state index in [0.29, 0.717) is 0 Å². The third kappa shape index (κ3) is 4.71. The first kappa shape index (κ1) is 19.8. The van der Waals surface area contributed by atoms with Gasteiger partial charge in [-0.05, 0) is 55.2 Å². The fourth-order valence-electron chi connectivity index (χ4n) is 4.96.